The van der Waals surface area contributed by atoms with E-state index in [-0.39, 0.29) is 5.60 Å². The summed E-state index contributed by atoms with van der Waals surface area (Å²) in [5.41, 5.74) is 2.07. The van der Waals surface area contributed by atoms with Gasteiger partial charge in [0.1, 0.15) is 0 Å². The molecule has 0 saturated carbocycles. The zero-order chi connectivity index (χ0) is 13.0. The summed E-state index contributed by atoms with van der Waals surface area (Å²) in [5, 5.41) is 4.62. The summed E-state index contributed by atoms with van der Waals surface area (Å²) in [5.74, 6) is 0. The van der Waals surface area contributed by atoms with Gasteiger partial charge in [0.2, 0.25) is 0 Å². The molecule has 0 aliphatic rings. The quantitative estimate of drug-likeness (QED) is 0.874. The third-order valence-corrected chi connectivity index (χ3v) is 3.24. The lowest BCUT2D eigenvalue weighted by Gasteiger charge is -2.23. The standard InChI is InChI=1S/C15H20N2O/c1-15(2,18-3)9-11-17-14-8-4-7-13-12(14)6-5-10-16-13/h4-8,10,17H,9,11H2,1-3H3. The fourth-order valence-corrected chi connectivity index (χ4v) is 1.86. The second-order valence-electron chi connectivity index (χ2n) is 5.02. The third kappa shape index (κ3) is 2.99. The van der Waals surface area contributed by atoms with E-state index in [0.29, 0.717) is 0 Å². The molecule has 1 heterocycles. The Morgan fingerprint density at radius 2 is 2.06 bits per heavy atom. The molecule has 2 aromatic rings. The van der Waals surface area contributed by atoms with Crippen LogP contribution < -0.4 is 5.32 Å². The Kier molecular flexibility index (Phi) is 3.82. The maximum atomic E-state index is 5.41. The average Bonchev–Trinajstić information content (AvgIpc) is 2.39. The van der Waals surface area contributed by atoms with Crippen molar-refractivity contribution in [1.29, 1.82) is 0 Å². The molecule has 96 valence electrons. The van der Waals surface area contributed by atoms with E-state index in [9.17, 15) is 0 Å². The summed E-state index contributed by atoms with van der Waals surface area (Å²) < 4.78 is 5.41. The molecule has 0 aliphatic carbocycles. The predicted octanol–water partition coefficient (Wildman–Crippen LogP) is 3.46. The van der Waals surface area contributed by atoms with Gasteiger partial charge >= 0.3 is 0 Å². The molecule has 0 fully saturated rings. The minimum atomic E-state index is -0.0875. The molecule has 0 spiro atoms. The number of rotatable bonds is 5. The van der Waals surface area contributed by atoms with Crippen molar-refractivity contribution in [1.82, 2.24) is 4.98 Å². The molecule has 3 nitrogen and oxygen atoms in total. The Morgan fingerprint density at radius 1 is 1.22 bits per heavy atom. The highest BCUT2D eigenvalue weighted by Crippen LogP contribution is 2.22. The van der Waals surface area contributed by atoms with Crippen LogP contribution in [0.5, 0.6) is 0 Å². The van der Waals surface area contributed by atoms with Crippen LogP contribution in [0.4, 0.5) is 5.69 Å². The van der Waals surface area contributed by atoms with Crippen LogP contribution in [-0.2, 0) is 4.74 Å². The van der Waals surface area contributed by atoms with E-state index in [0.717, 1.165) is 29.6 Å². The minimum Gasteiger partial charge on any atom is -0.384 e. The Labute approximate surface area is 108 Å². The van der Waals surface area contributed by atoms with Crippen LogP contribution in [0.1, 0.15) is 20.3 Å². The van der Waals surface area contributed by atoms with Crippen molar-refractivity contribution in [2.45, 2.75) is 25.9 Å². The largest absolute Gasteiger partial charge is 0.384 e. The SMILES string of the molecule is COC(C)(C)CCNc1cccc2ncccc12. The first-order chi connectivity index (χ1) is 8.62. The number of hydrogen-bond acceptors (Lipinski definition) is 3. The van der Waals surface area contributed by atoms with Gasteiger partial charge in [-0.25, -0.2) is 0 Å². The van der Waals surface area contributed by atoms with Crippen molar-refractivity contribution >= 4 is 16.6 Å². The summed E-state index contributed by atoms with van der Waals surface area (Å²) in [6, 6.07) is 10.2. The number of anilines is 1. The summed E-state index contributed by atoms with van der Waals surface area (Å²) >= 11 is 0. The molecule has 1 N–H and O–H groups in total. The van der Waals surface area contributed by atoms with Crippen LogP contribution in [0, 0.1) is 0 Å². The Hall–Kier alpha value is -1.61. The number of nitrogens with one attached hydrogen (secondary N) is 1. The number of aromatic nitrogens is 1. The molecule has 0 radical (unpaired) electrons. The Morgan fingerprint density at radius 3 is 2.83 bits per heavy atom. The first kappa shape index (κ1) is 12.8. The Balaban J connectivity index is 2.08. The first-order valence-electron chi connectivity index (χ1n) is 6.25. The van der Waals surface area contributed by atoms with E-state index in [1.54, 1.807) is 7.11 Å². The van der Waals surface area contributed by atoms with E-state index in [2.05, 4.69) is 36.3 Å². The number of ether oxygens (including phenoxy) is 1. The van der Waals surface area contributed by atoms with E-state index in [1.807, 2.05) is 24.4 Å². The van der Waals surface area contributed by atoms with Crippen LogP contribution in [0.2, 0.25) is 0 Å². The smallest absolute Gasteiger partial charge is 0.0722 e. The molecule has 2 rings (SSSR count). The van der Waals surface area contributed by atoms with Crippen molar-refractivity contribution in [3.05, 3.63) is 36.5 Å². The highest BCUT2D eigenvalue weighted by Gasteiger charge is 2.15. The minimum absolute atomic E-state index is 0.0875. The van der Waals surface area contributed by atoms with Crippen LogP contribution in [0.15, 0.2) is 36.5 Å². The molecule has 18 heavy (non-hydrogen) atoms. The van der Waals surface area contributed by atoms with Gasteiger partial charge in [-0.3, -0.25) is 4.98 Å². The van der Waals surface area contributed by atoms with Crippen LogP contribution in [-0.4, -0.2) is 24.2 Å². The predicted molar refractivity (Wildman–Crippen MR) is 75.9 cm³/mol. The first-order valence-corrected chi connectivity index (χ1v) is 6.25. The molecular formula is C15H20N2O. The summed E-state index contributed by atoms with van der Waals surface area (Å²) in [6.45, 7) is 5.08. The lowest BCUT2D eigenvalue weighted by molar-refractivity contribution is 0.0185. The molecule has 1 aromatic carbocycles. The van der Waals surface area contributed by atoms with Crippen molar-refractivity contribution in [2.24, 2.45) is 0 Å². The number of benzene rings is 1. The summed E-state index contributed by atoms with van der Waals surface area (Å²) in [6.07, 6.45) is 2.78. The number of fused-ring (bicyclic) bond motifs is 1. The van der Waals surface area contributed by atoms with Crippen molar-refractivity contribution in [3.63, 3.8) is 0 Å². The maximum Gasteiger partial charge on any atom is 0.0722 e. The number of methoxy groups -OCH3 is 1. The molecule has 0 aliphatic heterocycles. The molecule has 3 heteroatoms. The fraction of sp³-hybridized carbons (Fsp3) is 0.400. The van der Waals surface area contributed by atoms with Gasteiger partial charge in [0.25, 0.3) is 0 Å². The van der Waals surface area contributed by atoms with Gasteiger partial charge in [0.15, 0.2) is 0 Å². The van der Waals surface area contributed by atoms with Gasteiger partial charge in [0.05, 0.1) is 11.1 Å². The highest BCUT2D eigenvalue weighted by molar-refractivity contribution is 5.91. The average molecular weight is 244 g/mol. The van der Waals surface area contributed by atoms with Gasteiger partial charge in [0, 0.05) is 30.9 Å². The number of pyridine rings is 1. The second kappa shape index (κ2) is 5.36. The Bertz CT molecular complexity index is 517. The molecule has 0 saturated heterocycles. The van der Waals surface area contributed by atoms with Gasteiger partial charge in [-0.1, -0.05) is 6.07 Å². The lowest BCUT2D eigenvalue weighted by Crippen LogP contribution is -2.25. The van der Waals surface area contributed by atoms with Gasteiger partial charge in [-0.15, -0.1) is 0 Å². The van der Waals surface area contributed by atoms with E-state index in [1.165, 1.54) is 0 Å². The molecular weight excluding hydrogens is 224 g/mol. The van der Waals surface area contributed by atoms with E-state index >= 15 is 0 Å². The van der Waals surface area contributed by atoms with Crippen molar-refractivity contribution < 1.29 is 4.74 Å². The number of nitrogens with zero attached hydrogens (tertiary/aromatic N) is 1. The maximum absolute atomic E-state index is 5.41. The molecule has 0 bridgehead atoms. The summed E-state index contributed by atoms with van der Waals surface area (Å²) in [4.78, 5) is 4.35. The molecule has 0 atom stereocenters. The van der Waals surface area contributed by atoms with Crippen LogP contribution in [0.3, 0.4) is 0 Å². The molecule has 1 aromatic heterocycles. The van der Waals surface area contributed by atoms with Gasteiger partial charge < -0.3 is 10.1 Å². The van der Waals surface area contributed by atoms with Gasteiger partial charge in [-0.2, -0.15) is 0 Å². The second-order valence-corrected chi connectivity index (χ2v) is 5.02. The van der Waals surface area contributed by atoms with Gasteiger partial charge in [-0.05, 0) is 44.5 Å². The third-order valence-electron chi connectivity index (χ3n) is 3.24. The van der Waals surface area contributed by atoms with Crippen LogP contribution in [0.25, 0.3) is 10.9 Å². The summed E-state index contributed by atoms with van der Waals surface area (Å²) in [7, 11) is 1.75. The van der Waals surface area contributed by atoms with E-state index in [4.69, 9.17) is 4.74 Å². The zero-order valence-electron chi connectivity index (χ0n) is 11.2. The zero-order valence-corrected chi connectivity index (χ0v) is 11.2. The monoisotopic (exact) mass is 244 g/mol. The molecule has 0 amide bonds. The highest BCUT2D eigenvalue weighted by atomic mass is 16.5. The molecule has 0 unspecified atom stereocenters. The van der Waals surface area contributed by atoms with Crippen molar-refractivity contribution in [3.8, 4) is 0 Å². The van der Waals surface area contributed by atoms with Crippen LogP contribution >= 0.6 is 0 Å². The normalized spacial score (nSPS) is 11.7. The lowest BCUT2D eigenvalue weighted by atomic mass is 10.1. The van der Waals surface area contributed by atoms with E-state index < -0.39 is 0 Å². The number of hydrogen-bond donors (Lipinski definition) is 1. The van der Waals surface area contributed by atoms with Crippen molar-refractivity contribution in [2.75, 3.05) is 19.0 Å². The fourth-order valence-electron chi connectivity index (χ4n) is 1.86. The topological polar surface area (TPSA) is 34.1 Å².